The first-order valence-corrected chi connectivity index (χ1v) is 5.90. The van der Waals surface area contributed by atoms with Gasteiger partial charge in [0.1, 0.15) is 11.9 Å². The summed E-state index contributed by atoms with van der Waals surface area (Å²) >= 11 is 0. The van der Waals surface area contributed by atoms with Crippen LogP contribution in [0.2, 0.25) is 0 Å². The van der Waals surface area contributed by atoms with Gasteiger partial charge in [0.05, 0.1) is 5.56 Å². The number of hydrogen-bond donors (Lipinski definition) is 1. The molecule has 0 bridgehead atoms. The largest absolute Gasteiger partial charge is 0.369 e. The van der Waals surface area contributed by atoms with E-state index in [4.69, 9.17) is 5.26 Å². The molecular weight excluding hydrogens is 198 g/mol. The van der Waals surface area contributed by atoms with E-state index in [2.05, 4.69) is 23.3 Å². The maximum atomic E-state index is 8.93. The molecule has 1 heterocycles. The van der Waals surface area contributed by atoms with Gasteiger partial charge in [0.2, 0.25) is 0 Å². The summed E-state index contributed by atoms with van der Waals surface area (Å²) in [5.41, 5.74) is 0.633. The SMILES string of the molecule is CC1CCCC1CNc1ncccc1C#N. The third-order valence-electron chi connectivity index (χ3n) is 3.50. The van der Waals surface area contributed by atoms with E-state index in [0.717, 1.165) is 24.2 Å². The van der Waals surface area contributed by atoms with Crippen LogP contribution in [0.15, 0.2) is 18.3 Å². The van der Waals surface area contributed by atoms with E-state index >= 15 is 0 Å². The molecule has 3 heteroatoms. The number of rotatable bonds is 3. The molecule has 1 saturated carbocycles. The van der Waals surface area contributed by atoms with Crippen molar-refractivity contribution in [3.8, 4) is 6.07 Å². The minimum atomic E-state index is 0.633. The average molecular weight is 215 g/mol. The van der Waals surface area contributed by atoms with Crippen molar-refractivity contribution >= 4 is 5.82 Å². The lowest BCUT2D eigenvalue weighted by atomic mass is 9.98. The lowest BCUT2D eigenvalue weighted by Crippen LogP contribution is -2.17. The van der Waals surface area contributed by atoms with Gasteiger partial charge in [-0.05, 0) is 30.4 Å². The summed E-state index contributed by atoms with van der Waals surface area (Å²) in [6, 6.07) is 5.75. The van der Waals surface area contributed by atoms with Crippen molar-refractivity contribution in [2.24, 2.45) is 11.8 Å². The molecule has 0 spiro atoms. The molecule has 1 N–H and O–H groups in total. The van der Waals surface area contributed by atoms with Crippen molar-refractivity contribution in [2.75, 3.05) is 11.9 Å². The molecule has 1 aromatic heterocycles. The molecule has 1 aromatic rings. The van der Waals surface area contributed by atoms with Gasteiger partial charge in [0, 0.05) is 12.7 Å². The average Bonchev–Trinajstić information content (AvgIpc) is 2.72. The van der Waals surface area contributed by atoms with Gasteiger partial charge in [0.15, 0.2) is 0 Å². The van der Waals surface area contributed by atoms with Crippen LogP contribution < -0.4 is 5.32 Å². The second-order valence-corrected chi connectivity index (χ2v) is 4.56. The highest BCUT2D eigenvalue weighted by Crippen LogP contribution is 2.31. The topological polar surface area (TPSA) is 48.7 Å². The van der Waals surface area contributed by atoms with E-state index in [1.165, 1.54) is 19.3 Å². The monoisotopic (exact) mass is 215 g/mol. The summed E-state index contributed by atoms with van der Waals surface area (Å²) < 4.78 is 0. The molecule has 2 rings (SSSR count). The first kappa shape index (κ1) is 10.9. The second kappa shape index (κ2) is 4.98. The Bertz CT molecular complexity index is 394. The molecule has 3 nitrogen and oxygen atoms in total. The summed E-state index contributed by atoms with van der Waals surface area (Å²) in [6.45, 7) is 3.25. The lowest BCUT2D eigenvalue weighted by molar-refractivity contribution is 0.439. The van der Waals surface area contributed by atoms with Crippen LogP contribution in [0.25, 0.3) is 0 Å². The normalized spacial score (nSPS) is 24.0. The number of anilines is 1. The summed E-state index contributed by atoms with van der Waals surface area (Å²) in [6.07, 6.45) is 5.69. The van der Waals surface area contributed by atoms with Crippen molar-refractivity contribution in [1.82, 2.24) is 4.98 Å². The Labute approximate surface area is 96.5 Å². The maximum Gasteiger partial charge on any atom is 0.143 e. The number of nitrogens with zero attached hydrogens (tertiary/aromatic N) is 2. The fourth-order valence-corrected chi connectivity index (χ4v) is 2.39. The van der Waals surface area contributed by atoms with E-state index in [1.54, 1.807) is 18.3 Å². The van der Waals surface area contributed by atoms with Gasteiger partial charge in [-0.3, -0.25) is 0 Å². The zero-order chi connectivity index (χ0) is 11.4. The van der Waals surface area contributed by atoms with E-state index < -0.39 is 0 Å². The quantitative estimate of drug-likeness (QED) is 0.843. The molecule has 1 aliphatic carbocycles. The molecule has 16 heavy (non-hydrogen) atoms. The molecule has 1 aliphatic rings. The van der Waals surface area contributed by atoms with Crippen LogP contribution in [0.1, 0.15) is 31.7 Å². The fraction of sp³-hybridized carbons (Fsp3) is 0.538. The van der Waals surface area contributed by atoms with Gasteiger partial charge < -0.3 is 5.32 Å². The van der Waals surface area contributed by atoms with Crippen LogP contribution in [0.5, 0.6) is 0 Å². The standard InChI is InChI=1S/C13H17N3/c1-10-4-2-5-12(10)9-16-13-11(8-14)6-3-7-15-13/h3,6-7,10,12H,2,4-5,9H2,1H3,(H,15,16). The summed E-state index contributed by atoms with van der Waals surface area (Å²) in [4.78, 5) is 4.20. The molecule has 2 atom stereocenters. The lowest BCUT2D eigenvalue weighted by Gasteiger charge is -2.16. The molecule has 0 aromatic carbocycles. The van der Waals surface area contributed by atoms with Crippen molar-refractivity contribution in [3.05, 3.63) is 23.9 Å². The Morgan fingerprint density at radius 3 is 3.12 bits per heavy atom. The van der Waals surface area contributed by atoms with E-state index in [0.29, 0.717) is 5.56 Å². The number of nitriles is 1. The third kappa shape index (κ3) is 2.33. The summed E-state index contributed by atoms with van der Waals surface area (Å²) in [7, 11) is 0. The van der Waals surface area contributed by atoms with Crippen LogP contribution in [-0.4, -0.2) is 11.5 Å². The van der Waals surface area contributed by atoms with Gasteiger partial charge in [0.25, 0.3) is 0 Å². The Hall–Kier alpha value is -1.56. The Kier molecular flexibility index (Phi) is 3.40. The van der Waals surface area contributed by atoms with Crippen LogP contribution in [0.3, 0.4) is 0 Å². The Morgan fingerprint density at radius 2 is 2.44 bits per heavy atom. The molecule has 84 valence electrons. The zero-order valence-corrected chi connectivity index (χ0v) is 9.61. The van der Waals surface area contributed by atoms with Crippen LogP contribution in [-0.2, 0) is 0 Å². The molecule has 0 amide bonds. The number of nitrogens with one attached hydrogen (secondary N) is 1. The molecule has 1 fully saturated rings. The minimum Gasteiger partial charge on any atom is -0.369 e. The molecule has 0 aliphatic heterocycles. The first-order chi connectivity index (χ1) is 7.81. The van der Waals surface area contributed by atoms with Crippen LogP contribution in [0, 0.1) is 23.2 Å². The highest BCUT2D eigenvalue weighted by atomic mass is 15.0. The van der Waals surface area contributed by atoms with Gasteiger partial charge in [-0.25, -0.2) is 4.98 Å². The van der Waals surface area contributed by atoms with Crippen LogP contribution in [0.4, 0.5) is 5.82 Å². The van der Waals surface area contributed by atoms with Gasteiger partial charge >= 0.3 is 0 Å². The van der Waals surface area contributed by atoms with E-state index in [-0.39, 0.29) is 0 Å². The number of aromatic nitrogens is 1. The zero-order valence-electron chi connectivity index (χ0n) is 9.61. The number of pyridine rings is 1. The molecule has 0 saturated heterocycles. The van der Waals surface area contributed by atoms with Gasteiger partial charge in [-0.1, -0.05) is 19.8 Å². The van der Waals surface area contributed by atoms with Crippen molar-refractivity contribution < 1.29 is 0 Å². The second-order valence-electron chi connectivity index (χ2n) is 4.56. The smallest absolute Gasteiger partial charge is 0.143 e. The Balaban J connectivity index is 1.97. The maximum absolute atomic E-state index is 8.93. The fourth-order valence-electron chi connectivity index (χ4n) is 2.39. The van der Waals surface area contributed by atoms with Gasteiger partial charge in [-0.15, -0.1) is 0 Å². The van der Waals surface area contributed by atoms with Crippen molar-refractivity contribution in [2.45, 2.75) is 26.2 Å². The van der Waals surface area contributed by atoms with E-state index in [9.17, 15) is 0 Å². The first-order valence-electron chi connectivity index (χ1n) is 5.90. The number of hydrogen-bond acceptors (Lipinski definition) is 3. The van der Waals surface area contributed by atoms with Crippen LogP contribution >= 0.6 is 0 Å². The minimum absolute atomic E-state index is 0.633. The van der Waals surface area contributed by atoms with Crippen molar-refractivity contribution in [3.63, 3.8) is 0 Å². The Morgan fingerprint density at radius 1 is 1.56 bits per heavy atom. The highest BCUT2D eigenvalue weighted by molar-refractivity contribution is 5.51. The summed E-state index contributed by atoms with van der Waals surface area (Å²) in [5, 5.41) is 12.2. The highest BCUT2D eigenvalue weighted by Gasteiger charge is 2.23. The third-order valence-corrected chi connectivity index (χ3v) is 3.50. The summed E-state index contributed by atoms with van der Waals surface area (Å²) in [5.74, 6) is 2.25. The van der Waals surface area contributed by atoms with E-state index in [1.807, 2.05) is 0 Å². The predicted molar refractivity (Wildman–Crippen MR) is 63.9 cm³/mol. The molecule has 2 unspecified atom stereocenters. The van der Waals surface area contributed by atoms with Crippen molar-refractivity contribution in [1.29, 1.82) is 5.26 Å². The molecular formula is C13H17N3. The predicted octanol–water partition coefficient (Wildman–Crippen LogP) is 2.80. The molecule has 0 radical (unpaired) electrons. The van der Waals surface area contributed by atoms with Gasteiger partial charge in [-0.2, -0.15) is 5.26 Å².